The first-order valence-corrected chi connectivity index (χ1v) is 9.68. The third-order valence-corrected chi connectivity index (χ3v) is 5.70. The molecule has 12 heteroatoms. The smallest absolute Gasteiger partial charge is 0.330 e. The van der Waals surface area contributed by atoms with Crippen molar-refractivity contribution in [3.05, 3.63) is 26.4 Å². The number of rotatable bonds is 9. The number of thioether (sulfide) groups is 1. The summed E-state index contributed by atoms with van der Waals surface area (Å²) < 4.78 is 6.82. The van der Waals surface area contributed by atoms with Gasteiger partial charge in [-0.3, -0.25) is 19.1 Å². The molecule has 0 spiro atoms. The molecule has 0 bridgehead atoms. The van der Waals surface area contributed by atoms with E-state index in [2.05, 4.69) is 20.5 Å². The summed E-state index contributed by atoms with van der Waals surface area (Å²) in [6, 6.07) is -0.0394. The zero-order valence-electron chi connectivity index (χ0n) is 14.0. The highest BCUT2D eigenvalue weighted by molar-refractivity contribution is 8.01. The summed E-state index contributed by atoms with van der Waals surface area (Å²) in [7, 11) is 1.61. The lowest BCUT2D eigenvalue weighted by Crippen LogP contribution is -2.36. The van der Waals surface area contributed by atoms with Crippen molar-refractivity contribution in [2.45, 2.75) is 23.2 Å². The number of nitrogens with one attached hydrogen (secondary N) is 2. The third-order valence-electron chi connectivity index (χ3n) is 3.69. The number of ether oxygens (including phenoxy) is 1. The van der Waals surface area contributed by atoms with Crippen LogP contribution in [0.25, 0.3) is 0 Å². The second-order valence-electron chi connectivity index (χ2n) is 5.63. The standard InChI is InChI=1S/C14H18N6O4S2/c1-24-5-4-16-12-18-19-14(26-12)25-6-8(21)9-10(15)20(7-2-3-7)13(23)17-11(9)22/h7H,2-6,15H2,1H3,(H,16,18)(H,17,22,23). The molecule has 0 amide bonds. The number of aromatic amines is 1. The van der Waals surface area contributed by atoms with Crippen LogP contribution in [0.15, 0.2) is 13.9 Å². The third kappa shape index (κ3) is 4.14. The molecule has 0 radical (unpaired) electrons. The highest BCUT2D eigenvalue weighted by Crippen LogP contribution is 2.35. The molecule has 2 aromatic rings. The van der Waals surface area contributed by atoms with Gasteiger partial charge in [0.15, 0.2) is 10.1 Å². The van der Waals surface area contributed by atoms with E-state index in [1.807, 2.05) is 0 Å². The molecule has 0 aromatic carbocycles. The molecular formula is C14H18N6O4S2. The molecule has 140 valence electrons. The summed E-state index contributed by atoms with van der Waals surface area (Å²) in [6.07, 6.45) is 1.62. The Hall–Kier alpha value is -2.18. The molecule has 2 heterocycles. The maximum Gasteiger partial charge on any atom is 0.330 e. The second kappa shape index (κ2) is 8.01. The lowest BCUT2D eigenvalue weighted by molar-refractivity contribution is 0.102. The highest BCUT2D eigenvalue weighted by Gasteiger charge is 2.30. The van der Waals surface area contributed by atoms with E-state index in [1.165, 1.54) is 15.9 Å². The number of ketones is 1. The van der Waals surface area contributed by atoms with Crippen LogP contribution in [0.1, 0.15) is 29.2 Å². The average Bonchev–Trinajstić information content (AvgIpc) is 3.31. The van der Waals surface area contributed by atoms with Crippen LogP contribution in [-0.2, 0) is 4.74 Å². The van der Waals surface area contributed by atoms with E-state index in [-0.39, 0.29) is 23.2 Å². The first kappa shape index (κ1) is 18.6. The Balaban J connectivity index is 1.68. The number of methoxy groups -OCH3 is 1. The summed E-state index contributed by atoms with van der Waals surface area (Å²) in [5, 5.41) is 11.6. The minimum absolute atomic E-state index is 0.0249. The quantitative estimate of drug-likeness (QED) is 0.309. The van der Waals surface area contributed by atoms with Crippen LogP contribution in [0.2, 0.25) is 0 Å². The van der Waals surface area contributed by atoms with Gasteiger partial charge in [0.25, 0.3) is 5.56 Å². The highest BCUT2D eigenvalue weighted by atomic mass is 32.2. The Morgan fingerprint density at radius 1 is 1.46 bits per heavy atom. The number of nitrogen functional groups attached to an aromatic ring is 1. The van der Waals surface area contributed by atoms with Gasteiger partial charge in [-0.05, 0) is 12.8 Å². The van der Waals surface area contributed by atoms with E-state index in [9.17, 15) is 14.4 Å². The summed E-state index contributed by atoms with van der Waals surface area (Å²) in [4.78, 5) is 38.6. The number of aromatic nitrogens is 4. The van der Waals surface area contributed by atoms with E-state index < -0.39 is 17.0 Å². The number of carbonyl (C=O) groups is 1. The van der Waals surface area contributed by atoms with Crippen molar-refractivity contribution in [1.29, 1.82) is 0 Å². The van der Waals surface area contributed by atoms with E-state index in [1.54, 1.807) is 7.11 Å². The first-order chi connectivity index (χ1) is 12.5. The van der Waals surface area contributed by atoms with Crippen LogP contribution in [0, 0.1) is 0 Å². The van der Waals surface area contributed by atoms with E-state index >= 15 is 0 Å². The van der Waals surface area contributed by atoms with Crippen molar-refractivity contribution in [1.82, 2.24) is 19.7 Å². The fraction of sp³-hybridized carbons (Fsp3) is 0.500. The zero-order chi connectivity index (χ0) is 18.7. The second-order valence-corrected chi connectivity index (χ2v) is 7.83. The number of nitrogens with zero attached hydrogens (tertiary/aromatic N) is 3. The number of anilines is 2. The molecule has 1 fully saturated rings. The first-order valence-electron chi connectivity index (χ1n) is 7.88. The molecule has 26 heavy (non-hydrogen) atoms. The summed E-state index contributed by atoms with van der Waals surface area (Å²) in [6.45, 7) is 1.14. The van der Waals surface area contributed by atoms with Crippen molar-refractivity contribution >= 4 is 39.8 Å². The number of hydrogen-bond acceptors (Lipinski definition) is 10. The molecule has 0 saturated heterocycles. The molecule has 0 unspecified atom stereocenters. The van der Waals surface area contributed by atoms with Crippen LogP contribution < -0.4 is 22.3 Å². The molecular weight excluding hydrogens is 380 g/mol. The lowest BCUT2D eigenvalue weighted by Gasteiger charge is -2.10. The molecule has 4 N–H and O–H groups in total. The molecule has 1 saturated carbocycles. The van der Waals surface area contributed by atoms with Crippen LogP contribution in [-0.4, -0.2) is 51.5 Å². The van der Waals surface area contributed by atoms with Gasteiger partial charge in [0.05, 0.1) is 12.4 Å². The van der Waals surface area contributed by atoms with Gasteiger partial charge in [0.1, 0.15) is 11.4 Å². The molecule has 1 aliphatic rings. The predicted octanol–water partition coefficient (Wildman–Crippen LogP) is 0.338. The maximum absolute atomic E-state index is 12.5. The van der Waals surface area contributed by atoms with Gasteiger partial charge in [0.2, 0.25) is 5.13 Å². The minimum atomic E-state index is -0.755. The number of Topliss-reactive ketones (excluding diaryl/α,β-unsaturated/α-hetero) is 1. The molecule has 3 rings (SSSR count). The lowest BCUT2D eigenvalue weighted by atomic mass is 10.2. The fourth-order valence-electron chi connectivity index (χ4n) is 2.33. The molecule has 10 nitrogen and oxygen atoms in total. The summed E-state index contributed by atoms with van der Waals surface area (Å²) in [5.41, 5.74) is 4.43. The summed E-state index contributed by atoms with van der Waals surface area (Å²) in [5.74, 6) is -0.540. The van der Waals surface area contributed by atoms with Crippen molar-refractivity contribution in [2.75, 3.05) is 37.1 Å². The Labute approximate surface area is 156 Å². The molecule has 2 aromatic heterocycles. The van der Waals surface area contributed by atoms with E-state index in [4.69, 9.17) is 10.5 Å². The van der Waals surface area contributed by atoms with Crippen molar-refractivity contribution in [3.8, 4) is 0 Å². The Morgan fingerprint density at radius 2 is 2.23 bits per heavy atom. The molecule has 0 aliphatic heterocycles. The number of nitrogens with two attached hydrogens (primary N) is 1. The number of hydrogen-bond donors (Lipinski definition) is 3. The van der Waals surface area contributed by atoms with Gasteiger partial charge < -0.3 is 15.8 Å². The fourth-order valence-corrected chi connectivity index (χ4v) is 3.98. The van der Waals surface area contributed by atoms with Crippen molar-refractivity contribution in [2.24, 2.45) is 0 Å². The number of H-pyrrole nitrogens is 1. The van der Waals surface area contributed by atoms with E-state index in [0.717, 1.165) is 24.6 Å². The van der Waals surface area contributed by atoms with Gasteiger partial charge in [-0.2, -0.15) is 0 Å². The van der Waals surface area contributed by atoms with E-state index in [0.29, 0.717) is 22.6 Å². The minimum Gasteiger partial charge on any atom is -0.384 e. The largest absolute Gasteiger partial charge is 0.384 e. The zero-order valence-corrected chi connectivity index (χ0v) is 15.6. The monoisotopic (exact) mass is 398 g/mol. The topological polar surface area (TPSA) is 145 Å². The van der Waals surface area contributed by atoms with Gasteiger partial charge in [0, 0.05) is 19.7 Å². The average molecular weight is 398 g/mol. The Kier molecular flexibility index (Phi) is 5.74. The van der Waals surface area contributed by atoms with Crippen LogP contribution >= 0.6 is 23.1 Å². The normalized spacial score (nSPS) is 13.7. The predicted molar refractivity (Wildman–Crippen MR) is 99.3 cm³/mol. The van der Waals surface area contributed by atoms with Gasteiger partial charge >= 0.3 is 5.69 Å². The van der Waals surface area contributed by atoms with Crippen molar-refractivity contribution in [3.63, 3.8) is 0 Å². The van der Waals surface area contributed by atoms with Crippen molar-refractivity contribution < 1.29 is 9.53 Å². The van der Waals surface area contributed by atoms with Crippen LogP contribution in [0.4, 0.5) is 10.9 Å². The van der Waals surface area contributed by atoms with Gasteiger partial charge in [-0.1, -0.05) is 23.1 Å². The Bertz CT molecular complexity index is 917. The summed E-state index contributed by atoms with van der Waals surface area (Å²) >= 11 is 2.46. The van der Waals surface area contributed by atoms with Gasteiger partial charge in [-0.15, -0.1) is 10.2 Å². The maximum atomic E-state index is 12.5. The SMILES string of the molecule is COCCNc1nnc(SCC(=O)c2c(N)n(C3CC3)c(=O)[nH]c2=O)s1. The molecule has 1 aliphatic carbocycles. The Morgan fingerprint density at radius 3 is 2.92 bits per heavy atom. The van der Waals surface area contributed by atoms with Crippen LogP contribution in [0.5, 0.6) is 0 Å². The van der Waals surface area contributed by atoms with Crippen LogP contribution in [0.3, 0.4) is 0 Å². The van der Waals surface area contributed by atoms with Gasteiger partial charge in [-0.25, -0.2) is 4.79 Å². The number of carbonyl (C=O) groups excluding carboxylic acids is 1. The molecule has 0 atom stereocenters.